The maximum absolute atomic E-state index is 11.9. The highest BCUT2D eigenvalue weighted by molar-refractivity contribution is 5.98. The Morgan fingerprint density at radius 2 is 2.12 bits per heavy atom. The molecule has 26 heavy (non-hydrogen) atoms. The van der Waals surface area contributed by atoms with Crippen LogP contribution in [0.5, 0.6) is 0 Å². The first-order valence-electron chi connectivity index (χ1n) is 8.61. The van der Waals surface area contributed by atoms with Gasteiger partial charge in [-0.3, -0.25) is 9.78 Å². The van der Waals surface area contributed by atoms with E-state index in [0.717, 1.165) is 31.4 Å². The van der Waals surface area contributed by atoms with E-state index in [9.17, 15) is 4.79 Å². The minimum absolute atomic E-state index is 0.0408. The summed E-state index contributed by atoms with van der Waals surface area (Å²) < 4.78 is 7.56. The smallest absolute Gasteiger partial charge is 0.268 e. The van der Waals surface area contributed by atoms with Crippen molar-refractivity contribution >= 4 is 5.91 Å². The van der Waals surface area contributed by atoms with Gasteiger partial charge in [0.2, 0.25) is 0 Å². The van der Waals surface area contributed by atoms with E-state index in [1.807, 2.05) is 41.2 Å². The van der Waals surface area contributed by atoms with Gasteiger partial charge >= 0.3 is 0 Å². The number of aromatic nitrogens is 4. The molecule has 7 nitrogen and oxygen atoms in total. The lowest BCUT2D eigenvalue weighted by Gasteiger charge is -2.22. The number of hydrogen-bond acceptors (Lipinski definition) is 5. The third-order valence-electron chi connectivity index (χ3n) is 4.42. The molecule has 1 unspecified atom stereocenters. The number of pyridine rings is 2. The Labute approximate surface area is 150 Å². The summed E-state index contributed by atoms with van der Waals surface area (Å²) in [6.07, 6.45) is 8.41. The average molecular weight is 349 g/mol. The maximum Gasteiger partial charge on any atom is 0.268 e. The highest BCUT2D eigenvalue weighted by atomic mass is 16.5. The van der Waals surface area contributed by atoms with Crippen molar-refractivity contribution in [3.05, 3.63) is 54.6 Å². The van der Waals surface area contributed by atoms with Crippen LogP contribution < -0.4 is 5.73 Å². The molecule has 0 saturated carbocycles. The van der Waals surface area contributed by atoms with Crippen molar-refractivity contribution in [2.45, 2.75) is 25.5 Å². The predicted octanol–water partition coefficient (Wildman–Crippen LogP) is 2.81. The summed E-state index contributed by atoms with van der Waals surface area (Å²) >= 11 is 0. The van der Waals surface area contributed by atoms with E-state index in [0.29, 0.717) is 17.0 Å². The van der Waals surface area contributed by atoms with Gasteiger partial charge in [-0.25, -0.2) is 9.67 Å². The Morgan fingerprint density at radius 1 is 1.19 bits per heavy atom. The lowest BCUT2D eigenvalue weighted by Crippen LogP contribution is -2.18. The third-order valence-corrected chi connectivity index (χ3v) is 4.42. The van der Waals surface area contributed by atoms with Gasteiger partial charge in [-0.15, -0.1) is 0 Å². The molecular weight excluding hydrogens is 330 g/mol. The van der Waals surface area contributed by atoms with E-state index >= 15 is 0 Å². The van der Waals surface area contributed by atoms with Crippen LogP contribution in [0.1, 0.15) is 36.0 Å². The van der Waals surface area contributed by atoms with E-state index in [1.54, 1.807) is 12.4 Å². The summed E-state index contributed by atoms with van der Waals surface area (Å²) in [5, 5.41) is 4.39. The molecule has 7 heteroatoms. The fraction of sp³-hybridized carbons (Fsp3) is 0.263. The van der Waals surface area contributed by atoms with Gasteiger partial charge in [-0.05, 0) is 43.5 Å². The van der Waals surface area contributed by atoms with Crippen LogP contribution in [0.25, 0.3) is 22.5 Å². The van der Waals surface area contributed by atoms with Crippen LogP contribution in [0, 0.1) is 0 Å². The number of nitrogens with zero attached hydrogens (tertiary/aromatic N) is 4. The van der Waals surface area contributed by atoms with Gasteiger partial charge in [0.1, 0.15) is 11.9 Å². The molecule has 0 radical (unpaired) electrons. The molecule has 3 aromatic heterocycles. The number of primary amides is 1. The first kappa shape index (κ1) is 16.4. The summed E-state index contributed by atoms with van der Waals surface area (Å²) in [7, 11) is 0. The van der Waals surface area contributed by atoms with Crippen LogP contribution in [-0.2, 0) is 4.74 Å². The fourth-order valence-electron chi connectivity index (χ4n) is 3.10. The second-order valence-electron chi connectivity index (χ2n) is 6.20. The van der Waals surface area contributed by atoms with Crippen LogP contribution in [0.2, 0.25) is 0 Å². The van der Waals surface area contributed by atoms with E-state index in [-0.39, 0.29) is 11.9 Å². The zero-order valence-electron chi connectivity index (χ0n) is 14.2. The molecule has 4 rings (SSSR count). The highest BCUT2D eigenvalue weighted by Gasteiger charge is 2.19. The molecule has 1 amide bonds. The van der Waals surface area contributed by atoms with Crippen LogP contribution in [0.3, 0.4) is 0 Å². The van der Waals surface area contributed by atoms with Crippen molar-refractivity contribution in [1.82, 2.24) is 19.7 Å². The number of rotatable bonds is 4. The SMILES string of the molecule is NC(=O)c1nc(-c2cnn(C3CCCCO3)c2)ccc1-c1ccccn1. The number of nitrogens with two attached hydrogens (primary N) is 1. The molecule has 1 aliphatic heterocycles. The quantitative estimate of drug-likeness (QED) is 0.781. The summed E-state index contributed by atoms with van der Waals surface area (Å²) in [5.74, 6) is -0.587. The second-order valence-corrected chi connectivity index (χ2v) is 6.20. The number of amides is 1. The molecule has 0 aromatic carbocycles. The fourth-order valence-corrected chi connectivity index (χ4v) is 3.10. The molecule has 1 atom stereocenters. The maximum atomic E-state index is 11.9. The van der Waals surface area contributed by atoms with Crippen molar-refractivity contribution in [2.75, 3.05) is 6.61 Å². The average Bonchev–Trinajstić information content (AvgIpc) is 3.19. The predicted molar refractivity (Wildman–Crippen MR) is 96.0 cm³/mol. The van der Waals surface area contributed by atoms with E-state index in [1.165, 1.54) is 0 Å². The number of carbonyl (C=O) groups excluding carboxylic acids is 1. The van der Waals surface area contributed by atoms with Gasteiger partial charge in [-0.2, -0.15) is 5.10 Å². The molecule has 0 aliphatic carbocycles. The monoisotopic (exact) mass is 349 g/mol. The van der Waals surface area contributed by atoms with E-state index in [2.05, 4.69) is 15.1 Å². The molecule has 3 aromatic rings. The minimum Gasteiger partial charge on any atom is -0.364 e. The van der Waals surface area contributed by atoms with Crippen LogP contribution >= 0.6 is 0 Å². The zero-order chi connectivity index (χ0) is 17.9. The zero-order valence-corrected chi connectivity index (χ0v) is 14.2. The Balaban J connectivity index is 1.68. The van der Waals surface area contributed by atoms with Crippen LogP contribution in [0.15, 0.2) is 48.9 Å². The Bertz CT molecular complexity index is 917. The molecule has 0 bridgehead atoms. The Kier molecular flexibility index (Phi) is 4.45. The van der Waals surface area contributed by atoms with Crippen LogP contribution in [-0.4, -0.2) is 32.3 Å². The lowest BCUT2D eigenvalue weighted by atomic mass is 10.1. The number of hydrogen-bond donors (Lipinski definition) is 1. The van der Waals surface area contributed by atoms with Gasteiger partial charge in [0.25, 0.3) is 5.91 Å². The topological polar surface area (TPSA) is 95.9 Å². The summed E-state index contributed by atoms with van der Waals surface area (Å²) in [6, 6.07) is 9.16. The molecule has 2 N–H and O–H groups in total. The highest BCUT2D eigenvalue weighted by Crippen LogP contribution is 2.27. The Hall–Kier alpha value is -3.06. The first-order chi connectivity index (χ1) is 12.7. The lowest BCUT2D eigenvalue weighted by molar-refractivity contribution is -0.0394. The van der Waals surface area contributed by atoms with Gasteiger partial charge in [0, 0.05) is 30.1 Å². The van der Waals surface area contributed by atoms with Crippen molar-refractivity contribution in [1.29, 1.82) is 0 Å². The first-order valence-corrected chi connectivity index (χ1v) is 8.61. The summed E-state index contributed by atoms with van der Waals surface area (Å²) in [6.45, 7) is 0.753. The van der Waals surface area contributed by atoms with Crippen molar-refractivity contribution < 1.29 is 9.53 Å². The minimum atomic E-state index is -0.587. The summed E-state index contributed by atoms with van der Waals surface area (Å²) in [4.78, 5) is 20.7. The van der Waals surface area contributed by atoms with Gasteiger partial charge < -0.3 is 10.5 Å². The number of carbonyl (C=O) groups is 1. The van der Waals surface area contributed by atoms with Crippen molar-refractivity contribution in [3.63, 3.8) is 0 Å². The molecule has 0 spiro atoms. The molecule has 1 saturated heterocycles. The van der Waals surface area contributed by atoms with Gasteiger partial charge in [-0.1, -0.05) is 6.07 Å². The van der Waals surface area contributed by atoms with Crippen molar-refractivity contribution in [2.24, 2.45) is 5.73 Å². The normalized spacial score (nSPS) is 17.2. The van der Waals surface area contributed by atoms with Gasteiger partial charge in [0.15, 0.2) is 0 Å². The van der Waals surface area contributed by atoms with Gasteiger partial charge in [0.05, 0.1) is 17.6 Å². The van der Waals surface area contributed by atoms with E-state index < -0.39 is 5.91 Å². The molecule has 4 heterocycles. The van der Waals surface area contributed by atoms with E-state index in [4.69, 9.17) is 10.5 Å². The third kappa shape index (κ3) is 3.21. The summed E-state index contributed by atoms with van der Waals surface area (Å²) in [5.41, 5.74) is 8.48. The molecule has 1 aliphatic rings. The van der Waals surface area contributed by atoms with Crippen molar-refractivity contribution in [3.8, 4) is 22.5 Å². The number of ether oxygens (including phenoxy) is 1. The second kappa shape index (κ2) is 7.05. The Morgan fingerprint density at radius 3 is 2.85 bits per heavy atom. The molecule has 1 fully saturated rings. The standard InChI is InChI=1S/C19H19N5O2/c20-19(25)18-14(16-5-1-3-9-21-16)7-8-15(23-18)13-11-22-24(12-13)17-6-2-4-10-26-17/h1,3,5,7-9,11-12,17H,2,4,6,10H2,(H2,20,25). The van der Waals surface area contributed by atoms with Crippen LogP contribution in [0.4, 0.5) is 0 Å². The molecule has 132 valence electrons. The largest absolute Gasteiger partial charge is 0.364 e. The molecular formula is C19H19N5O2.